The van der Waals surface area contributed by atoms with Crippen LogP contribution in [0.15, 0.2) is 12.7 Å². The lowest BCUT2D eigenvalue weighted by molar-refractivity contribution is -0.151. The SMILES string of the molecule is C=CC[C@@H](C(=O)OC)N(C)C(=O)CCCCC. The zero-order valence-electron chi connectivity index (χ0n) is 11.1. The summed E-state index contributed by atoms with van der Waals surface area (Å²) in [6.07, 6.45) is 5.49. The second kappa shape index (κ2) is 8.79. The summed E-state index contributed by atoms with van der Waals surface area (Å²) in [5.41, 5.74) is 0. The minimum atomic E-state index is -0.549. The number of ether oxygens (including phenoxy) is 1. The minimum absolute atomic E-state index is 0.0179. The van der Waals surface area contributed by atoms with Crippen LogP contribution in [0.2, 0.25) is 0 Å². The Kier molecular flexibility index (Phi) is 8.11. The van der Waals surface area contributed by atoms with Gasteiger partial charge in [-0.25, -0.2) is 4.79 Å². The molecule has 0 aliphatic rings. The quantitative estimate of drug-likeness (QED) is 0.371. The third kappa shape index (κ3) is 5.52. The van der Waals surface area contributed by atoms with Crippen LogP contribution in [0.4, 0.5) is 0 Å². The number of amides is 1. The fraction of sp³-hybridized carbons (Fsp3) is 0.692. The number of nitrogens with zero attached hydrogens (tertiary/aromatic N) is 1. The number of carbonyl (C=O) groups excluding carboxylic acids is 2. The lowest BCUT2D eigenvalue weighted by Crippen LogP contribution is -2.42. The zero-order chi connectivity index (χ0) is 13.3. The van der Waals surface area contributed by atoms with Gasteiger partial charge in [0.1, 0.15) is 6.04 Å². The maximum absolute atomic E-state index is 11.8. The van der Waals surface area contributed by atoms with E-state index in [1.807, 2.05) is 0 Å². The van der Waals surface area contributed by atoms with Crippen molar-refractivity contribution >= 4 is 11.9 Å². The highest BCUT2D eigenvalue weighted by atomic mass is 16.5. The number of esters is 1. The molecule has 1 amide bonds. The standard InChI is InChI=1S/C13H23NO3/c1-5-7-8-10-12(15)14(3)11(9-6-2)13(16)17-4/h6,11H,2,5,7-10H2,1,3-4H3/t11-/m0/s1. The van der Waals surface area contributed by atoms with Gasteiger partial charge in [0.25, 0.3) is 0 Å². The molecule has 0 rings (SSSR count). The summed E-state index contributed by atoms with van der Waals surface area (Å²) in [6.45, 7) is 5.68. The minimum Gasteiger partial charge on any atom is -0.467 e. The van der Waals surface area contributed by atoms with E-state index in [0.29, 0.717) is 12.8 Å². The van der Waals surface area contributed by atoms with Gasteiger partial charge in [-0.1, -0.05) is 25.8 Å². The number of hydrogen-bond donors (Lipinski definition) is 0. The molecule has 0 aromatic heterocycles. The van der Waals surface area contributed by atoms with Gasteiger partial charge < -0.3 is 9.64 Å². The number of unbranched alkanes of at least 4 members (excludes halogenated alkanes) is 2. The van der Waals surface area contributed by atoms with E-state index >= 15 is 0 Å². The lowest BCUT2D eigenvalue weighted by atomic mass is 10.1. The Morgan fingerprint density at radius 2 is 2.06 bits per heavy atom. The Hall–Kier alpha value is -1.32. The maximum Gasteiger partial charge on any atom is 0.328 e. The predicted octanol–water partition coefficient (Wildman–Crippen LogP) is 2.14. The first-order valence-electron chi connectivity index (χ1n) is 6.02. The highest BCUT2D eigenvalue weighted by Gasteiger charge is 2.25. The van der Waals surface area contributed by atoms with Crippen molar-refractivity contribution in [3.63, 3.8) is 0 Å². The van der Waals surface area contributed by atoms with Crippen LogP contribution in [0.1, 0.15) is 39.0 Å². The van der Waals surface area contributed by atoms with Gasteiger partial charge in [0.15, 0.2) is 0 Å². The first kappa shape index (κ1) is 15.7. The van der Waals surface area contributed by atoms with Crippen LogP contribution < -0.4 is 0 Å². The number of carbonyl (C=O) groups is 2. The molecular formula is C13H23NO3. The van der Waals surface area contributed by atoms with Crippen molar-refractivity contribution in [2.45, 2.75) is 45.1 Å². The summed E-state index contributed by atoms with van der Waals surface area (Å²) < 4.78 is 4.68. The van der Waals surface area contributed by atoms with Crippen LogP contribution in [0, 0.1) is 0 Å². The fourth-order valence-corrected chi connectivity index (χ4v) is 1.58. The molecule has 0 heterocycles. The molecule has 0 aromatic carbocycles. The van der Waals surface area contributed by atoms with Crippen molar-refractivity contribution in [2.75, 3.05) is 14.2 Å². The average molecular weight is 241 g/mol. The third-order valence-electron chi connectivity index (χ3n) is 2.72. The van der Waals surface area contributed by atoms with Gasteiger partial charge in [-0.05, 0) is 12.8 Å². The topological polar surface area (TPSA) is 46.6 Å². The molecule has 0 radical (unpaired) electrons. The molecule has 0 aliphatic heterocycles. The van der Waals surface area contributed by atoms with Crippen LogP contribution in [0.5, 0.6) is 0 Å². The van der Waals surface area contributed by atoms with Crippen molar-refractivity contribution in [3.8, 4) is 0 Å². The number of hydrogen-bond acceptors (Lipinski definition) is 3. The van der Waals surface area contributed by atoms with E-state index in [-0.39, 0.29) is 5.91 Å². The van der Waals surface area contributed by atoms with Gasteiger partial charge >= 0.3 is 5.97 Å². The van der Waals surface area contributed by atoms with Crippen LogP contribution in [-0.2, 0) is 14.3 Å². The molecule has 0 fully saturated rings. The largest absolute Gasteiger partial charge is 0.467 e. The van der Waals surface area contributed by atoms with Gasteiger partial charge in [0, 0.05) is 13.5 Å². The Morgan fingerprint density at radius 1 is 1.41 bits per heavy atom. The molecule has 0 aromatic rings. The highest BCUT2D eigenvalue weighted by molar-refractivity contribution is 5.84. The molecule has 0 aliphatic carbocycles. The van der Waals surface area contributed by atoms with Crippen LogP contribution >= 0.6 is 0 Å². The third-order valence-corrected chi connectivity index (χ3v) is 2.72. The molecule has 1 atom stereocenters. The first-order valence-corrected chi connectivity index (χ1v) is 6.02. The van der Waals surface area contributed by atoms with Gasteiger partial charge in [-0.2, -0.15) is 0 Å². The highest BCUT2D eigenvalue weighted by Crippen LogP contribution is 2.09. The van der Waals surface area contributed by atoms with E-state index in [1.54, 1.807) is 13.1 Å². The number of rotatable bonds is 8. The summed E-state index contributed by atoms with van der Waals surface area (Å²) >= 11 is 0. The zero-order valence-corrected chi connectivity index (χ0v) is 11.1. The molecule has 0 saturated carbocycles. The lowest BCUT2D eigenvalue weighted by Gasteiger charge is -2.25. The summed E-state index contributed by atoms with van der Waals surface area (Å²) in [7, 11) is 2.97. The molecule has 0 unspecified atom stereocenters. The maximum atomic E-state index is 11.8. The molecule has 17 heavy (non-hydrogen) atoms. The summed E-state index contributed by atoms with van der Waals surface area (Å²) in [6, 6.07) is -0.549. The fourth-order valence-electron chi connectivity index (χ4n) is 1.58. The van der Waals surface area contributed by atoms with Crippen LogP contribution in [0.3, 0.4) is 0 Å². The Bertz CT molecular complexity index is 263. The molecule has 4 nitrogen and oxygen atoms in total. The van der Waals surface area contributed by atoms with Crippen molar-refractivity contribution in [1.29, 1.82) is 0 Å². The molecule has 98 valence electrons. The number of likely N-dealkylation sites (N-methyl/N-ethyl adjacent to an activating group) is 1. The predicted molar refractivity (Wildman–Crippen MR) is 67.5 cm³/mol. The normalized spacial score (nSPS) is 11.7. The summed E-state index contributed by atoms with van der Waals surface area (Å²) in [5.74, 6) is -0.410. The molecule has 0 bridgehead atoms. The van der Waals surface area contributed by atoms with E-state index in [4.69, 9.17) is 0 Å². The number of methoxy groups -OCH3 is 1. The van der Waals surface area contributed by atoms with Crippen LogP contribution in [0.25, 0.3) is 0 Å². The molecule has 4 heteroatoms. The Labute approximate surface area is 104 Å². The van der Waals surface area contributed by atoms with E-state index in [2.05, 4.69) is 18.2 Å². The van der Waals surface area contributed by atoms with E-state index in [9.17, 15) is 9.59 Å². The molecular weight excluding hydrogens is 218 g/mol. The van der Waals surface area contributed by atoms with Gasteiger partial charge in [0.05, 0.1) is 7.11 Å². The smallest absolute Gasteiger partial charge is 0.328 e. The molecule has 0 spiro atoms. The monoisotopic (exact) mass is 241 g/mol. The Morgan fingerprint density at radius 3 is 2.53 bits per heavy atom. The first-order chi connectivity index (χ1) is 8.08. The van der Waals surface area contributed by atoms with E-state index < -0.39 is 12.0 Å². The van der Waals surface area contributed by atoms with Crippen molar-refractivity contribution in [2.24, 2.45) is 0 Å². The second-order valence-corrected chi connectivity index (χ2v) is 4.03. The average Bonchev–Trinajstić information content (AvgIpc) is 2.34. The molecule has 0 saturated heterocycles. The summed E-state index contributed by atoms with van der Waals surface area (Å²) in [5, 5.41) is 0. The molecule has 0 N–H and O–H groups in total. The second-order valence-electron chi connectivity index (χ2n) is 4.03. The Balaban J connectivity index is 4.38. The van der Waals surface area contributed by atoms with E-state index in [1.165, 1.54) is 12.0 Å². The summed E-state index contributed by atoms with van der Waals surface area (Å²) in [4.78, 5) is 24.8. The van der Waals surface area contributed by atoms with Gasteiger partial charge in [-0.15, -0.1) is 6.58 Å². The van der Waals surface area contributed by atoms with Crippen molar-refractivity contribution < 1.29 is 14.3 Å². The van der Waals surface area contributed by atoms with Crippen molar-refractivity contribution in [3.05, 3.63) is 12.7 Å². The van der Waals surface area contributed by atoms with Crippen molar-refractivity contribution in [1.82, 2.24) is 4.90 Å². The van der Waals surface area contributed by atoms with Gasteiger partial charge in [0.2, 0.25) is 5.91 Å². The van der Waals surface area contributed by atoms with Gasteiger partial charge in [-0.3, -0.25) is 4.79 Å². The van der Waals surface area contributed by atoms with E-state index in [0.717, 1.165) is 19.3 Å². The van der Waals surface area contributed by atoms with Crippen LogP contribution in [-0.4, -0.2) is 37.0 Å².